The van der Waals surface area contributed by atoms with Crippen LogP contribution in [0.4, 0.5) is 21.5 Å². The SMILES string of the molecule is O=C(Nc1cccc(Cl)c1)c1cccc(NC2=C(Cl)C(=O)N(c3ccccc3F)C2=O)c1. The molecule has 0 aromatic heterocycles. The van der Waals surface area contributed by atoms with Crippen LogP contribution in [-0.2, 0) is 9.59 Å². The standard InChI is InChI=1S/C23H14Cl2FN3O3/c24-14-6-4-8-16(12-14)28-21(30)13-5-3-7-15(11-13)27-20-19(25)22(31)29(23(20)32)18-10-2-1-9-17(18)26/h1-12,27H,(H,28,30). The number of nitrogens with one attached hydrogen (secondary N) is 2. The normalized spacial score (nSPS) is 13.5. The molecule has 3 amide bonds. The number of anilines is 3. The van der Waals surface area contributed by atoms with E-state index in [0.29, 0.717) is 21.3 Å². The lowest BCUT2D eigenvalue weighted by Gasteiger charge is -2.15. The van der Waals surface area contributed by atoms with Gasteiger partial charge >= 0.3 is 0 Å². The molecule has 0 saturated carbocycles. The minimum atomic E-state index is -0.848. The Kier molecular flexibility index (Phi) is 5.94. The Balaban J connectivity index is 1.55. The smallest absolute Gasteiger partial charge is 0.283 e. The van der Waals surface area contributed by atoms with E-state index in [4.69, 9.17) is 23.2 Å². The van der Waals surface area contributed by atoms with Gasteiger partial charge in [-0.2, -0.15) is 0 Å². The van der Waals surface area contributed by atoms with E-state index >= 15 is 0 Å². The van der Waals surface area contributed by atoms with Gasteiger partial charge in [0.15, 0.2) is 0 Å². The minimum Gasteiger partial charge on any atom is -0.350 e. The number of carbonyl (C=O) groups excluding carboxylic acids is 3. The number of nitrogens with zero attached hydrogens (tertiary/aromatic N) is 1. The van der Waals surface area contributed by atoms with Crippen molar-refractivity contribution in [2.75, 3.05) is 15.5 Å². The molecule has 0 aliphatic carbocycles. The fourth-order valence-electron chi connectivity index (χ4n) is 3.12. The van der Waals surface area contributed by atoms with Crippen molar-refractivity contribution in [3.05, 3.63) is 99.9 Å². The van der Waals surface area contributed by atoms with Crippen LogP contribution in [0.3, 0.4) is 0 Å². The predicted molar refractivity (Wildman–Crippen MR) is 121 cm³/mol. The van der Waals surface area contributed by atoms with E-state index in [-0.39, 0.29) is 22.0 Å². The van der Waals surface area contributed by atoms with Crippen LogP contribution in [-0.4, -0.2) is 17.7 Å². The van der Waals surface area contributed by atoms with Gasteiger partial charge in [-0.25, -0.2) is 9.29 Å². The molecule has 1 heterocycles. The van der Waals surface area contributed by atoms with Crippen LogP contribution in [0.5, 0.6) is 0 Å². The first-order chi connectivity index (χ1) is 15.3. The molecule has 0 fully saturated rings. The molecule has 6 nitrogen and oxygen atoms in total. The van der Waals surface area contributed by atoms with E-state index < -0.39 is 23.5 Å². The third-order valence-corrected chi connectivity index (χ3v) is 5.18. The van der Waals surface area contributed by atoms with E-state index in [0.717, 1.165) is 6.07 Å². The largest absolute Gasteiger partial charge is 0.350 e. The number of para-hydroxylation sites is 1. The summed E-state index contributed by atoms with van der Waals surface area (Å²) in [7, 11) is 0. The van der Waals surface area contributed by atoms with Gasteiger partial charge in [0.2, 0.25) is 0 Å². The van der Waals surface area contributed by atoms with Crippen LogP contribution < -0.4 is 15.5 Å². The maximum Gasteiger partial charge on any atom is 0.283 e. The van der Waals surface area contributed by atoms with E-state index in [1.807, 2.05) is 0 Å². The summed E-state index contributed by atoms with van der Waals surface area (Å²) in [6.45, 7) is 0. The van der Waals surface area contributed by atoms with Crippen molar-refractivity contribution in [2.45, 2.75) is 0 Å². The average Bonchev–Trinajstić information content (AvgIpc) is 2.98. The Bertz CT molecular complexity index is 1290. The third kappa shape index (κ3) is 4.21. The number of carbonyl (C=O) groups is 3. The number of imide groups is 1. The summed E-state index contributed by atoms with van der Waals surface area (Å²) in [4.78, 5) is 38.6. The molecule has 9 heteroatoms. The molecule has 3 aromatic rings. The molecule has 4 rings (SSSR count). The summed E-state index contributed by atoms with van der Waals surface area (Å²) in [5.41, 5.74) is 0.728. The molecule has 3 aromatic carbocycles. The van der Waals surface area contributed by atoms with Crippen molar-refractivity contribution in [3.8, 4) is 0 Å². The second-order valence-electron chi connectivity index (χ2n) is 6.76. The monoisotopic (exact) mass is 469 g/mol. The van der Waals surface area contributed by atoms with E-state index in [1.54, 1.807) is 42.5 Å². The highest BCUT2D eigenvalue weighted by atomic mass is 35.5. The summed E-state index contributed by atoms with van der Waals surface area (Å²) in [5.74, 6) is -2.80. The van der Waals surface area contributed by atoms with Gasteiger partial charge in [-0.3, -0.25) is 14.4 Å². The molecule has 1 aliphatic heterocycles. The minimum absolute atomic E-state index is 0.202. The number of benzene rings is 3. The van der Waals surface area contributed by atoms with Crippen LogP contribution in [0.1, 0.15) is 10.4 Å². The first-order valence-electron chi connectivity index (χ1n) is 9.32. The lowest BCUT2D eigenvalue weighted by atomic mass is 10.1. The maximum absolute atomic E-state index is 14.1. The Hall–Kier alpha value is -3.68. The number of rotatable bonds is 5. The van der Waals surface area contributed by atoms with Gasteiger partial charge in [0.25, 0.3) is 17.7 Å². The molecular formula is C23H14Cl2FN3O3. The Morgan fingerprint density at radius 2 is 1.56 bits per heavy atom. The molecule has 0 spiro atoms. The Morgan fingerprint density at radius 1 is 0.844 bits per heavy atom. The molecule has 32 heavy (non-hydrogen) atoms. The van der Waals surface area contributed by atoms with Crippen molar-refractivity contribution in [1.29, 1.82) is 0 Å². The number of hydrogen-bond donors (Lipinski definition) is 2. The zero-order chi connectivity index (χ0) is 22.8. The summed E-state index contributed by atoms with van der Waals surface area (Å²) in [5, 5.41) is 5.58. The van der Waals surface area contributed by atoms with E-state index in [9.17, 15) is 18.8 Å². The fourth-order valence-corrected chi connectivity index (χ4v) is 3.52. The lowest BCUT2D eigenvalue weighted by Crippen LogP contribution is -2.33. The van der Waals surface area contributed by atoms with Gasteiger partial charge in [-0.15, -0.1) is 0 Å². The quantitative estimate of drug-likeness (QED) is 0.505. The molecule has 0 atom stereocenters. The van der Waals surface area contributed by atoms with E-state index in [1.165, 1.54) is 24.3 Å². The second-order valence-corrected chi connectivity index (χ2v) is 7.57. The topological polar surface area (TPSA) is 78.5 Å². The van der Waals surface area contributed by atoms with Crippen molar-refractivity contribution >= 4 is 58.0 Å². The number of halogens is 3. The molecule has 0 saturated heterocycles. The summed E-state index contributed by atoms with van der Waals surface area (Å²) in [6.07, 6.45) is 0. The van der Waals surface area contributed by atoms with Crippen molar-refractivity contribution in [2.24, 2.45) is 0 Å². The van der Waals surface area contributed by atoms with Gasteiger partial charge in [0, 0.05) is 22.0 Å². The van der Waals surface area contributed by atoms with Crippen molar-refractivity contribution < 1.29 is 18.8 Å². The maximum atomic E-state index is 14.1. The van der Waals surface area contributed by atoms with Crippen molar-refractivity contribution in [1.82, 2.24) is 0 Å². The van der Waals surface area contributed by atoms with Gasteiger partial charge in [0.05, 0.1) is 5.69 Å². The number of amides is 3. The first kappa shape index (κ1) is 21.5. The van der Waals surface area contributed by atoms with Crippen LogP contribution >= 0.6 is 23.2 Å². The van der Waals surface area contributed by atoms with Crippen LogP contribution in [0.25, 0.3) is 0 Å². The fraction of sp³-hybridized carbons (Fsp3) is 0. The molecule has 0 radical (unpaired) electrons. The van der Waals surface area contributed by atoms with Gasteiger partial charge in [-0.05, 0) is 48.5 Å². The molecule has 160 valence electrons. The second kappa shape index (κ2) is 8.82. The van der Waals surface area contributed by atoms with Crippen LogP contribution in [0.2, 0.25) is 5.02 Å². The first-order valence-corrected chi connectivity index (χ1v) is 10.1. The van der Waals surface area contributed by atoms with Crippen molar-refractivity contribution in [3.63, 3.8) is 0 Å². The molecule has 1 aliphatic rings. The number of hydrogen-bond acceptors (Lipinski definition) is 4. The summed E-state index contributed by atoms with van der Waals surface area (Å²) < 4.78 is 14.1. The van der Waals surface area contributed by atoms with Gasteiger partial charge in [-0.1, -0.05) is 47.5 Å². The summed E-state index contributed by atoms with van der Waals surface area (Å²) in [6, 6.07) is 18.3. The van der Waals surface area contributed by atoms with Gasteiger partial charge < -0.3 is 10.6 Å². The lowest BCUT2D eigenvalue weighted by molar-refractivity contribution is -0.120. The molecular weight excluding hydrogens is 456 g/mol. The highest BCUT2D eigenvalue weighted by Crippen LogP contribution is 2.31. The highest BCUT2D eigenvalue weighted by Gasteiger charge is 2.40. The van der Waals surface area contributed by atoms with E-state index in [2.05, 4.69) is 10.6 Å². The predicted octanol–water partition coefficient (Wildman–Crippen LogP) is 5.17. The summed E-state index contributed by atoms with van der Waals surface area (Å²) >= 11 is 12.0. The third-order valence-electron chi connectivity index (χ3n) is 4.60. The van der Waals surface area contributed by atoms with Crippen LogP contribution in [0, 0.1) is 5.82 Å². The zero-order valence-electron chi connectivity index (χ0n) is 16.2. The molecule has 0 bridgehead atoms. The zero-order valence-corrected chi connectivity index (χ0v) is 17.7. The highest BCUT2D eigenvalue weighted by molar-refractivity contribution is 6.53. The van der Waals surface area contributed by atoms with Gasteiger partial charge in [0.1, 0.15) is 16.5 Å². The average molecular weight is 470 g/mol. The molecule has 2 N–H and O–H groups in total. The Labute approximate surface area is 192 Å². The molecule has 0 unspecified atom stereocenters. The Morgan fingerprint density at radius 3 is 2.31 bits per heavy atom. The van der Waals surface area contributed by atoms with Crippen LogP contribution in [0.15, 0.2) is 83.5 Å².